The number of carboxylic acids is 1. The number of aromatic amines is 1. The summed E-state index contributed by atoms with van der Waals surface area (Å²) in [5.41, 5.74) is 1.98. The molecule has 1 atom stereocenters. The molecule has 2 N–H and O–H groups in total. The summed E-state index contributed by atoms with van der Waals surface area (Å²) in [5.74, 6) is -0.955. The molecule has 5 heteroatoms. The van der Waals surface area contributed by atoms with E-state index in [2.05, 4.69) is 4.98 Å². The number of aromatic carboxylic acids is 1. The highest BCUT2D eigenvalue weighted by atomic mass is 16.7. The van der Waals surface area contributed by atoms with Gasteiger partial charge < -0.3 is 19.6 Å². The third kappa shape index (κ3) is 2.69. The maximum Gasteiger partial charge on any atom is 0.352 e. The lowest BCUT2D eigenvalue weighted by Crippen LogP contribution is -2.22. The molecule has 5 nitrogen and oxygen atoms in total. The Kier molecular flexibility index (Phi) is 3.71. The van der Waals surface area contributed by atoms with Crippen LogP contribution in [0.2, 0.25) is 0 Å². The maximum absolute atomic E-state index is 11.0. The van der Waals surface area contributed by atoms with E-state index in [0.717, 1.165) is 42.3 Å². The molecule has 0 amide bonds. The Morgan fingerprint density at radius 1 is 1.45 bits per heavy atom. The molecule has 0 spiro atoms. The van der Waals surface area contributed by atoms with E-state index in [0.29, 0.717) is 6.61 Å². The van der Waals surface area contributed by atoms with Gasteiger partial charge in [-0.3, -0.25) is 0 Å². The van der Waals surface area contributed by atoms with E-state index < -0.39 is 5.97 Å². The van der Waals surface area contributed by atoms with Crippen molar-refractivity contribution in [1.82, 2.24) is 4.98 Å². The Bertz CT molecular complexity index is 613. The molecule has 1 aromatic heterocycles. The van der Waals surface area contributed by atoms with Crippen LogP contribution in [0.5, 0.6) is 0 Å². The van der Waals surface area contributed by atoms with Crippen molar-refractivity contribution in [2.45, 2.75) is 32.2 Å². The molecule has 1 fully saturated rings. The fourth-order valence-electron chi connectivity index (χ4n) is 2.48. The zero-order valence-corrected chi connectivity index (χ0v) is 11.1. The monoisotopic (exact) mass is 275 g/mol. The first-order valence-corrected chi connectivity index (χ1v) is 6.81. The van der Waals surface area contributed by atoms with Crippen molar-refractivity contribution in [3.8, 4) is 0 Å². The quantitative estimate of drug-likeness (QED) is 0.900. The van der Waals surface area contributed by atoms with Crippen LogP contribution in [0, 0.1) is 0 Å². The van der Waals surface area contributed by atoms with Crippen molar-refractivity contribution in [3.05, 3.63) is 35.5 Å². The summed E-state index contributed by atoms with van der Waals surface area (Å²) in [6.45, 7) is 1.18. The molecule has 0 bridgehead atoms. The van der Waals surface area contributed by atoms with Gasteiger partial charge >= 0.3 is 5.97 Å². The first-order valence-electron chi connectivity index (χ1n) is 6.81. The van der Waals surface area contributed by atoms with Crippen LogP contribution in [0.3, 0.4) is 0 Å². The summed E-state index contributed by atoms with van der Waals surface area (Å²) in [4.78, 5) is 13.9. The van der Waals surface area contributed by atoms with E-state index in [1.165, 1.54) is 0 Å². The summed E-state index contributed by atoms with van der Waals surface area (Å²) in [6, 6.07) is 7.36. The van der Waals surface area contributed by atoms with E-state index in [9.17, 15) is 4.79 Å². The zero-order valence-electron chi connectivity index (χ0n) is 11.1. The minimum atomic E-state index is -0.955. The molecule has 1 unspecified atom stereocenters. The van der Waals surface area contributed by atoms with Crippen molar-refractivity contribution in [3.63, 3.8) is 0 Å². The Morgan fingerprint density at radius 2 is 2.35 bits per heavy atom. The number of ether oxygens (including phenoxy) is 2. The van der Waals surface area contributed by atoms with E-state index in [1.807, 2.05) is 18.2 Å². The fraction of sp³-hybridized carbons (Fsp3) is 0.400. The number of aromatic nitrogens is 1. The van der Waals surface area contributed by atoms with Crippen molar-refractivity contribution in [1.29, 1.82) is 0 Å². The smallest absolute Gasteiger partial charge is 0.352 e. The van der Waals surface area contributed by atoms with Crippen LogP contribution in [-0.4, -0.2) is 29.0 Å². The Labute approximate surface area is 116 Å². The molecule has 3 rings (SSSR count). The minimum Gasteiger partial charge on any atom is -0.477 e. The fourth-order valence-corrected chi connectivity index (χ4v) is 2.48. The molecule has 20 heavy (non-hydrogen) atoms. The molecule has 106 valence electrons. The van der Waals surface area contributed by atoms with E-state index in [1.54, 1.807) is 6.07 Å². The molecule has 2 aromatic rings. The molecule has 1 aromatic carbocycles. The number of hydrogen-bond acceptors (Lipinski definition) is 3. The summed E-state index contributed by atoms with van der Waals surface area (Å²) in [7, 11) is 0. The molecule has 0 aliphatic carbocycles. The second-order valence-corrected chi connectivity index (χ2v) is 4.97. The van der Waals surface area contributed by atoms with Crippen LogP contribution in [0.4, 0.5) is 0 Å². The van der Waals surface area contributed by atoms with Gasteiger partial charge in [0.05, 0.1) is 6.61 Å². The standard InChI is InChI=1S/C15H17NO4/c17-15(18)13-8-11-10(4-3-5-12(11)16-13)9-20-14-6-1-2-7-19-14/h3-5,8,14,16H,1-2,6-7,9H2,(H,17,18). The minimum absolute atomic E-state index is 0.142. The van der Waals surface area contributed by atoms with Crippen molar-refractivity contribution in [2.24, 2.45) is 0 Å². The molecule has 2 heterocycles. The third-order valence-electron chi connectivity index (χ3n) is 3.55. The van der Waals surface area contributed by atoms with E-state index in [4.69, 9.17) is 14.6 Å². The van der Waals surface area contributed by atoms with Crippen molar-refractivity contribution in [2.75, 3.05) is 6.61 Å². The van der Waals surface area contributed by atoms with Crippen molar-refractivity contribution < 1.29 is 19.4 Å². The number of nitrogens with one attached hydrogen (secondary N) is 1. The van der Waals surface area contributed by atoms with Crippen LogP contribution in [0.25, 0.3) is 10.9 Å². The van der Waals surface area contributed by atoms with E-state index >= 15 is 0 Å². The Hall–Kier alpha value is -1.85. The van der Waals surface area contributed by atoms with Gasteiger partial charge in [-0.1, -0.05) is 12.1 Å². The Morgan fingerprint density at radius 3 is 3.10 bits per heavy atom. The summed E-state index contributed by atoms with van der Waals surface area (Å²) >= 11 is 0. The average molecular weight is 275 g/mol. The van der Waals surface area contributed by atoms with Gasteiger partial charge in [-0.15, -0.1) is 0 Å². The first kappa shape index (κ1) is 13.1. The lowest BCUT2D eigenvalue weighted by atomic mass is 10.1. The molecule has 0 saturated carbocycles. The van der Waals surface area contributed by atoms with Crippen LogP contribution in [0.1, 0.15) is 35.3 Å². The van der Waals surface area contributed by atoms with Crippen LogP contribution >= 0.6 is 0 Å². The lowest BCUT2D eigenvalue weighted by Gasteiger charge is -2.22. The van der Waals surface area contributed by atoms with Crippen molar-refractivity contribution >= 4 is 16.9 Å². The van der Waals surface area contributed by atoms with Crippen LogP contribution in [0.15, 0.2) is 24.3 Å². The summed E-state index contributed by atoms with van der Waals surface area (Å²) in [5, 5.41) is 9.92. The normalized spacial score (nSPS) is 19.3. The number of hydrogen-bond donors (Lipinski definition) is 2. The van der Waals surface area contributed by atoms with Gasteiger partial charge in [0, 0.05) is 17.5 Å². The largest absolute Gasteiger partial charge is 0.477 e. The number of rotatable bonds is 4. The number of carboxylic acid groups (broad SMARTS) is 1. The second-order valence-electron chi connectivity index (χ2n) is 4.97. The number of H-pyrrole nitrogens is 1. The SMILES string of the molecule is O=C(O)c1cc2c(COC3CCCCO3)cccc2[nH]1. The second kappa shape index (κ2) is 5.64. The number of carbonyl (C=O) groups is 1. The zero-order chi connectivity index (χ0) is 13.9. The highest BCUT2D eigenvalue weighted by Gasteiger charge is 2.15. The average Bonchev–Trinajstić information content (AvgIpc) is 2.91. The van der Waals surface area contributed by atoms with Gasteiger partial charge in [0.2, 0.25) is 0 Å². The number of fused-ring (bicyclic) bond motifs is 1. The number of benzene rings is 1. The van der Waals surface area contributed by atoms with Gasteiger partial charge in [-0.2, -0.15) is 0 Å². The molecule has 0 radical (unpaired) electrons. The molecule has 1 aliphatic heterocycles. The molecular formula is C15H17NO4. The molecule has 1 aliphatic rings. The molecular weight excluding hydrogens is 258 g/mol. The van der Waals surface area contributed by atoms with Crippen LogP contribution in [-0.2, 0) is 16.1 Å². The third-order valence-corrected chi connectivity index (χ3v) is 3.55. The molecule has 1 saturated heterocycles. The van der Waals surface area contributed by atoms with Crippen LogP contribution < -0.4 is 0 Å². The highest BCUT2D eigenvalue weighted by molar-refractivity contribution is 5.94. The summed E-state index contributed by atoms with van der Waals surface area (Å²) < 4.78 is 11.3. The van der Waals surface area contributed by atoms with E-state index in [-0.39, 0.29) is 12.0 Å². The first-order chi connectivity index (χ1) is 9.74. The van der Waals surface area contributed by atoms with Gasteiger partial charge in [0.1, 0.15) is 5.69 Å². The maximum atomic E-state index is 11.0. The predicted octanol–water partition coefficient (Wildman–Crippen LogP) is 2.91. The topological polar surface area (TPSA) is 71.6 Å². The van der Waals surface area contributed by atoms with Gasteiger partial charge in [0.15, 0.2) is 6.29 Å². The lowest BCUT2D eigenvalue weighted by molar-refractivity contribution is -0.168. The summed E-state index contributed by atoms with van der Waals surface area (Å²) in [6.07, 6.45) is 3.00. The highest BCUT2D eigenvalue weighted by Crippen LogP contribution is 2.22. The predicted molar refractivity (Wildman–Crippen MR) is 73.6 cm³/mol. The van der Waals surface area contributed by atoms with Gasteiger partial charge in [-0.25, -0.2) is 4.79 Å². The Balaban J connectivity index is 1.78. The van der Waals surface area contributed by atoms with Gasteiger partial charge in [-0.05, 0) is 37.0 Å². The van der Waals surface area contributed by atoms with Gasteiger partial charge in [0.25, 0.3) is 0 Å².